The van der Waals surface area contributed by atoms with Gasteiger partial charge in [0.1, 0.15) is 5.82 Å². The van der Waals surface area contributed by atoms with Gasteiger partial charge in [0, 0.05) is 49.4 Å². The van der Waals surface area contributed by atoms with E-state index in [1.54, 1.807) is 0 Å². The van der Waals surface area contributed by atoms with Crippen LogP contribution in [-0.2, 0) is 0 Å². The molecule has 0 bridgehead atoms. The molecule has 3 heterocycles. The third-order valence-corrected chi connectivity index (χ3v) is 5.38. The van der Waals surface area contributed by atoms with Gasteiger partial charge in [0.2, 0.25) is 0 Å². The number of rotatable bonds is 2. The molecule has 0 atom stereocenters. The van der Waals surface area contributed by atoms with Gasteiger partial charge in [-0.25, -0.2) is 4.98 Å². The fourth-order valence-corrected chi connectivity index (χ4v) is 4.17. The van der Waals surface area contributed by atoms with E-state index in [-0.39, 0.29) is 0 Å². The van der Waals surface area contributed by atoms with Gasteiger partial charge in [0.25, 0.3) is 0 Å². The Morgan fingerprint density at radius 2 is 2.09 bits per heavy atom. The molecule has 2 aliphatic heterocycles. The van der Waals surface area contributed by atoms with Gasteiger partial charge in [-0.05, 0) is 37.5 Å². The van der Waals surface area contributed by atoms with E-state index in [0.29, 0.717) is 11.5 Å². The Morgan fingerprint density at radius 1 is 1.32 bits per heavy atom. The molecule has 4 heteroatoms. The lowest BCUT2D eigenvalue weighted by molar-refractivity contribution is -0.0103. The third kappa shape index (κ3) is 2.18. The van der Waals surface area contributed by atoms with Crippen LogP contribution in [0.25, 0.3) is 0 Å². The van der Waals surface area contributed by atoms with Gasteiger partial charge in [-0.15, -0.1) is 0 Å². The van der Waals surface area contributed by atoms with Crippen molar-refractivity contribution in [2.75, 3.05) is 24.5 Å². The minimum atomic E-state index is 0.519. The van der Waals surface area contributed by atoms with Gasteiger partial charge in [-0.2, -0.15) is 0 Å². The predicted octanol–water partition coefficient (Wildman–Crippen LogP) is 2.64. The fourth-order valence-electron chi connectivity index (χ4n) is 4.17. The molecule has 3 fully saturated rings. The Labute approximate surface area is 132 Å². The molecular formula is C18H24N4. The summed E-state index contributed by atoms with van der Waals surface area (Å²) in [6.45, 7) is 13.6. The molecule has 3 aliphatic rings. The van der Waals surface area contributed by atoms with Crippen molar-refractivity contribution in [3.63, 3.8) is 0 Å². The molecule has 2 saturated heterocycles. The second kappa shape index (κ2) is 4.77. The van der Waals surface area contributed by atoms with E-state index in [1.165, 1.54) is 18.4 Å². The highest BCUT2D eigenvalue weighted by Gasteiger charge is 2.54. The molecule has 0 unspecified atom stereocenters. The van der Waals surface area contributed by atoms with E-state index in [1.807, 2.05) is 6.20 Å². The van der Waals surface area contributed by atoms with Crippen LogP contribution < -0.4 is 10.2 Å². The van der Waals surface area contributed by atoms with E-state index in [2.05, 4.69) is 52.3 Å². The molecule has 1 aromatic rings. The van der Waals surface area contributed by atoms with Crippen LogP contribution in [0.1, 0.15) is 24.8 Å². The highest BCUT2D eigenvalue weighted by atomic mass is 15.3. The van der Waals surface area contributed by atoms with E-state index in [0.717, 1.165) is 43.4 Å². The first-order valence-electron chi connectivity index (χ1n) is 8.13. The summed E-state index contributed by atoms with van der Waals surface area (Å²) in [4.78, 5) is 9.35. The Bertz CT molecular complexity index is 622. The first-order chi connectivity index (χ1) is 10.5. The van der Waals surface area contributed by atoms with Crippen molar-refractivity contribution in [1.29, 1.82) is 0 Å². The molecule has 22 heavy (non-hydrogen) atoms. The Kier molecular flexibility index (Phi) is 2.96. The average Bonchev–Trinajstić information content (AvgIpc) is 2.37. The summed E-state index contributed by atoms with van der Waals surface area (Å²) in [5, 5.41) is 3.30. The summed E-state index contributed by atoms with van der Waals surface area (Å²) in [5.41, 5.74) is 2.90. The maximum absolute atomic E-state index is 4.50. The zero-order valence-corrected chi connectivity index (χ0v) is 13.3. The quantitative estimate of drug-likeness (QED) is 0.909. The molecule has 4 nitrogen and oxygen atoms in total. The lowest BCUT2D eigenvalue weighted by atomic mass is 9.60. The van der Waals surface area contributed by atoms with Crippen molar-refractivity contribution in [2.24, 2.45) is 5.41 Å². The zero-order valence-electron chi connectivity index (χ0n) is 13.3. The van der Waals surface area contributed by atoms with Crippen molar-refractivity contribution in [3.8, 4) is 0 Å². The van der Waals surface area contributed by atoms with Crippen LogP contribution in [0.4, 0.5) is 5.82 Å². The van der Waals surface area contributed by atoms with Crippen LogP contribution in [0.3, 0.4) is 0 Å². The minimum Gasteiger partial charge on any atom is -0.355 e. The van der Waals surface area contributed by atoms with Crippen LogP contribution in [0.2, 0.25) is 0 Å². The minimum absolute atomic E-state index is 0.519. The number of aryl methyl sites for hydroxylation is 1. The van der Waals surface area contributed by atoms with E-state index in [9.17, 15) is 0 Å². The summed E-state index contributed by atoms with van der Waals surface area (Å²) in [6, 6.07) is 4.90. The van der Waals surface area contributed by atoms with Gasteiger partial charge in [0.05, 0.1) is 5.82 Å². The number of nitrogens with zero attached hydrogens (tertiary/aromatic N) is 3. The Balaban J connectivity index is 1.33. The van der Waals surface area contributed by atoms with Gasteiger partial charge in [-0.3, -0.25) is 0 Å². The molecule has 1 aliphatic carbocycles. The maximum Gasteiger partial charge on any atom is 0.128 e. The van der Waals surface area contributed by atoms with Crippen molar-refractivity contribution in [2.45, 2.75) is 32.2 Å². The summed E-state index contributed by atoms with van der Waals surface area (Å²) in [7, 11) is 0. The molecule has 0 aromatic carbocycles. The molecule has 1 N–H and O–H groups in total. The van der Waals surface area contributed by atoms with Crippen LogP contribution in [0, 0.1) is 12.3 Å². The number of hydrogen-bond acceptors (Lipinski definition) is 4. The summed E-state index contributed by atoms with van der Waals surface area (Å²) in [6.07, 6.45) is 5.50. The topological polar surface area (TPSA) is 31.4 Å². The molecular weight excluding hydrogens is 272 g/mol. The summed E-state index contributed by atoms with van der Waals surface area (Å²) in [5.74, 6) is 2.17. The molecule has 4 rings (SSSR count). The van der Waals surface area contributed by atoms with Crippen molar-refractivity contribution >= 4 is 5.82 Å². The smallest absolute Gasteiger partial charge is 0.128 e. The van der Waals surface area contributed by atoms with Crippen LogP contribution in [0.5, 0.6) is 0 Å². The average molecular weight is 296 g/mol. The second-order valence-electron chi connectivity index (χ2n) is 7.23. The van der Waals surface area contributed by atoms with Crippen molar-refractivity contribution in [1.82, 2.24) is 15.2 Å². The molecule has 116 valence electrons. The van der Waals surface area contributed by atoms with Gasteiger partial charge >= 0.3 is 0 Å². The van der Waals surface area contributed by atoms with Gasteiger partial charge < -0.3 is 15.1 Å². The lowest BCUT2D eigenvalue weighted by Crippen LogP contribution is -2.67. The highest BCUT2D eigenvalue weighted by molar-refractivity contribution is 5.45. The number of hydrogen-bond donors (Lipinski definition) is 1. The number of aromatic nitrogens is 1. The van der Waals surface area contributed by atoms with Gasteiger partial charge in [-0.1, -0.05) is 13.2 Å². The van der Waals surface area contributed by atoms with E-state index in [4.69, 9.17) is 0 Å². The second-order valence-corrected chi connectivity index (χ2v) is 7.23. The predicted molar refractivity (Wildman–Crippen MR) is 89.4 cm³/mol. The number of anilines is 1. The molecule has 1 aromatic heterocycles. The van der Waals surface area contributed by atoms with Crippen LogP contribution in [-0.4, -0.2) is 35.6 Å². The Morgan fingerprint density at radius 3 is 2.77 bits per heavy atom. The molecule has 1 saturated carbocycles. The summed E-state index contributed by atoms with van der Waals surface area (Å²) >= 11 is 0. The monoisotopic (exact) mass is 296 g/mol. The zero-order chi connectivity index (χ0) is 15.3. The standard InChI is InChI=1S/C18H24N4/c1-13-4-6-19-17(8-13)21-11-18(12-21)9-16(10-18)22-7-5-14(2)20-15(22)3/h4,6,8,16,20H,2-3,5,7,9-12H2,1H3. The first-order valence-corrected chi connectivity index (χ1v) is 8.13. The fraction of sp³-hybridized carbons (Fsp3) is 0.500. The molecule has 0 radical (unpaired) electrons. The SMILES string of the molecule is C=C1CCN(C2CC3(C2)CN(c2cc(C)ccn2)C3)C(=C)N1. The summed E-state index contributed by atoms with van der Waals surface area (Å²) < 4.78 is 0. The van der Waals surface area contributed by atoms with Crippen LogP contribution >= 0.6 is 0 Å². The lowest BCUT2D eigenvalue weighted by Gasteiger charge is -2.62. The molecule has 1 spiro atoms. The van der Waals surface area contributed by atoms with Gasteiger partial charge in [0.15, 0.2) is 0 Å². The Hall–Kier alpha value is -1.97. The number of pyridine rings is 1. The first kappa shape index (κ1) is 13.7. The number of nitrogens with one attached hydrogen (secondary N) is 1. The molecule has 0 amide bonds. The normalized spacial score (nSPS) is 24.0. The third-order valence-electron chi connectivity index (χ3n) is 5.38. The van der Waals surface area contributed by atoms with Crippen molar-refractivity contribution < 1.29 is 0 Å². The largest absolute Gasteiger partial charge is 0.355 e. The highest BCUT2D eigenvalue weighted by Crippen LogP contribution is 2.51. The van der Waals surface area contributed by atoms with Crippen molar-refractivity contribution in [3.05, 3.63) is 48.6 Å². The van der Waals surface area contributed by atoms with E-state index < -0.39 is 0 Å². The van der Waals surface area contributed by atoms with Crippen LogP contribution in [0.15, 0.2) is 43.0 Å². The maximum atomic E-state index is 4.50. The van der Waals surface area contributed by atoms with E-state index >= 15 is 0 Å².